The molecule has 39 heavy (non-hydrogen) atoms. The van der Waals surface area contributed by atoms with Gasteiger partial charge in [0.15, 0.2) is 49.4 Å². The predicted octanol–water partition coefficient (Wildman–Crippen LogP) is 4.17. The van der Waals surface area contributed by atoms with E-state index in [-0.39, 0.29) is 18.1 Å². The van der Waals surface area contributed by atoms with E-state index in [2.05, 4.69) is 0 Å². The molecule has 0 aliphatic heterocycles. The van der Waals surface area contributed by atoms with Gasteiger partial charge in [0.1, 0.15) is 0 Å². The van der Waals surface area contributed by atoms with Crippen LogP contribution in [0.4, 0.5) is 0 Å². The third-order valence-corrected chi connectivity index (χ3v) is 4.84. The van der Waals surface area contributed by atoms with Crippen molar-refractivity contribution in [3.63, 3.8) is 0 Å². The minimum Gasteiger partial charge on any atom is -0.624 e. The number of hydroxylamine groups is 5. The van der Waals surface area contributed by atoms with Crippen molar-refractivity contribution in [2.45, 2.75) is 73.5 Å². The molecule has 0 aliphatic carbocycles. The van der Waals surface area contributed by atoms with Crippen LogP contribution in [0.3, 0.4) is 0 Å². The Morgan fingerprint density at radius 1 is 0.615 bits per heavy atom. The fourth-order valence-corrected chi connectivity index (χ4v) is 2.26. The Morgan fingerprint density at radius 2 is 0.974 bits per heavy atom. The molecule has 0 saturated heterocycles. The fraction of sp³-hybridized carbons (Fsp3) is 0.464. The van der Waals surface area contributed by atoms with E-state index < -0.39 is 0 Å². The van der Waals surface area contributed by atoms with Crippen molar-refractivity contribution >= 4 is 31.1 Å². The van der Waals surface area contributed by atoms with Gasteiger partial charge in [-0.2, -0.15) is 0 Å². The second kappa shape index (κ2) is 19.0. The Balaban J connectivity index is 0.000000593. The zero-order valence-electron chi connectivity index (χ0n) is 24.3. The largest absolute Gasteiger partial charge is 0.624 e. The molecule has 0 radical (unpaired) electrons. The van der Waals surface area contributed by atoms with Gasteiger partial charge < -0.3 is 30.5 Å². The van der Waals surface area contributed by atoms with Crippen molar-refractivity contribution in [3.05, 3.63) is 85.6 Å². The Labute approximate surface area is 231 Å². The van der Waals surface area contributed by atoms with Crippen LogP contribution in [0, 0.1) is 26.0 Å². The van der Waals surface area contributed by atoms with Crippen molar-refractivity contribution in [1.82, 2.24) is 0 Å². The first-order chi connectivity index (χ1) is 18.3. The highest BCUT2D eigenvalue weighted by atomic mass is 16.5. The van der Waals surface area contributed by atoms with Gasteiger partial charge in [-0.3, -0.25) is 0 Å². The third kappa shape index (κ3) is 16.3. The highest BCUT2D eigenvalue weighted by Crippen LogP contribution is 2.02. The monoisotopic (exact) mass is 545 g/mol. The average molecular weight is 546 g/mol. The zero-order chi connectivity index (χ0) is 30.0. The molecule has 11 heteroatoms. The number of hydrogen-bond donors (Lipinski definition) is 0. The van der Waals surface area contributed by atoms with Gasteiger partial charge in [-0.15, -0.1) is 0 Å². The minimum atomic E-state index is -0.0747. The molecular formula is C28H43N5O6. The third-order valence-electron chi connectivity index (χ3n) is 4.84. The van der Waals surface area contributed by atoms with E-state index in [9.17, 15) is 26.0 Å². The van der Waals surface area contributed by atoms with Gasteiger partial charge in [-0.25, -0.2) is 23.7 Å². The Hall–Kier alpha value is -4.15. The first kappa shape index (κ1) is 34.9. The van der Waals surface area contributed by atoms with Crippen LogP contribution in [0.25, 0.3) is 0 Å². The van der Waals surface area contributed by atoms with Gasteiger partial charge in [0.25, 0.3) is 0 Å². The van der Waals surface area contributed by atoms with Crippen molar-refractivity contribution in [3.8, 4) is 0 Å². The summed E-state index contributed by atoms with van der Waals surface area (Å²) in [6, 6.07) is 10.6. The summed E-state index contributed by atoms with van der Waals surface area (Å²) in [5, 5.41) is 54.9. The average Bonchev–Trinajstić information content (AvgIpc) is 3.41. The normalized spacial score (nSPS) is 13.3. The van der Waals surface area contributed by atoms with E-state index in [0.717, 1.165) is 25.3 Å². The topological polar surface area (TPSA) is 143 Å². The minimum absolute atomic E-state index is 0.0416. The van der Waals surface area contributed by atoms with Gasteiger partial charge >= 0.3 is 0 Å². The van der Waals surface area contributed by atoms with E-state index in [4.69, 9.17) is 4.42 Å². The molecule has 2 rings (SSSR count). The molecule has 0 spiro atoms. The molecule has 11 nitrogen and oxygen atoms in total. The fourth-order valence-electron chi connectivity index (χ4n) is 2.26. The first-order valence-corrected chi connectivity index (χ1v) is 12.9. The zero-order valence-corrected chi connectivity index (χ0v) is 24.3. The Kier molecular flexibility index (Phi) is 17.0. The Morgan fingerprint density at radius 3 is 1.26 bits per heavy atom. The van der Waals surface area contributed by atoms with E-state index in [1.165, 1.54) is 18.6 Å². The molecule has 0 amide bonds. The molecule has 1 heterocycles. The molecule has 0 saturated carbocycles. The summed E-state index contributed by atoms with van der Waals surface area (Å²) in [5.74, 6) is 0.591. The maximum atomic E-state index is 11.5. The predicted molar refractivity (Wildman–Crippen MR) is 157 cm³/mol. The van der Waals surface area contributed by atoms with Crippen LogP contribution in [0.5, 0.6) is 0 Å². The quantitative estimate of drug-likeness (QED) is 0.200. The van der Waals surface area contributed by atoms with Gasteiger partial charge in [0, 0.05) is 11.1 Å². The van der Waals surface area contributed by atoms with E-state index in [0.29, 0.717) is 28.3 Å². The summed E-state index contributed by atoms with van der Waals surface area (Å²) in [4.78, 5) is 0. The van der Waals surface area contributed by atoms with E-state index in [1.54, 1.807) is 44.7 Å². The molecule has 0 aliphatic rings. The standard InChI is InChI=1S/C14H20N2O2.C8H11NO2.C6H12N2O2/c1-11(2)15(17)9-13-5-7-14(8-6-13)10-16(18)12(3)4;1-7(2)9(10)6-8-4-3-5-11-8;1-3-7(9)5-6-8(10)4-2/h5-12H,1-4H3;3-7H,1-2H3;5-6H,3-4H2,1-2H3/b15-9-,16-10-;9-6-;7-5-,8-6-. The van der Waals surface area contributed by atoms with Gasteiger partial charge in [0.2, 0.25) is 18.6 Å². The molecule has 0 unspecified atom stereocenters. The summed E-state index contributed by atoms with van der Waals surface area (Å²) in [6.45, 7) is 15.2. The summed E-state index contributed by atoms with van der Waals surface area (Å²) in [5.41, 5.74) is 1.66. The maximum Gasteiger partial charge on any atom is 0.239 e. The first-order valence-electron chi connectivity index (χ1n) is 12.9. The van der Waals surface area contributed by atoms with Crippen molar-refractivity contribution in [1.29, 1.82) is 0 Å². The smallest absolute Gasteiger partial charge is 0.239 e. The van der Waals surface area contributed by atoms with Crippen molar-refractivity contribution in [2.75, 3.05) is 13.1 Å². The summed E-state index contributed by atoms with van der Waals surface area (Å²) >= 11 is 0. The maximum absolute atomic E-state index is 11.5. The van der Waals surface area contributed by atoms with Crippen LogP contribution < -0.4 is 0 Å². The van der Waals surface area contributed by atoms with Crippen LogP contribution in [0.15, 0.2) is 47.1 Å². The van der Waals surface area contributed by atoms with Crippen LogP contribution in [-0.2, 0) is 0 Å². The van der Waals surface area contributed by atoms with Crippen LogP contribution in [0.2, 0.25) is 0 Å². The number of rotatable bonds is 9. The second-order valence-corrected chi connectivity index (χ2v) is 9.20. The lowest BCUT2D eigenvalue weighted by Crippen LogP contribution is -2.15. The molecule has 0 N–H and O–H groups in total. The van der Waals surface area contributed by atoms with Crippen molar-refractivity contribution < 1.29 is 28.1 Å². The number of benzene rings is 1. The Bertz CT molecular complexity index is 1040. The molecule has 0 atom stereocenters. The van der Waals surface area contributed by atoms with E-state index >= 15 is 0 Å². The van der Waals surface area contributed by atoms with Crippen LogP contribution in [-0.4, -0.2) is 86.0 Å². The molecule has 1 aromatic carbocycles. The second-order valence-electron chi connectivity index (χ2n) is 9.20. The molecule has 0 fully saturated rings. The lowest BCUT2D eigenvalue weighted by Gasteiger charge is -2.08. The van der Waals surface area contributed by atoms with E-state index in [1.807, 2.05) is 65.8 Å². The lowest BCUT2D eigenvalue weighted by molar-refractivity contribution is -0.487. The molecular weight excluding hydrogens is 502 g/mol. The van der Waals surface area contributed by atoms with Gasteiger partial charge in [-0.05, 0) is 91.8 Å². The molecule has 216 valence electrons. The van der Waals surface area contributed by atoms with Crippen LogP contribution >= 0.6 is 0 Å². The van der Waals surface area contributed by atoms with Crippen molar-refractivity contribution in [2.24, 2.45) is 0 Å². The number of furan rings is 1. The van der Waals surface area contributed by atoms with Crippen LogP contribution in [0.1, 0.15) is 72.3 Å². The molecule has 0 bridgehead atoms. The molecule has 1 aromatic heterocycles. The highest BCUT2D eigenvalue weighted by molar-refractivity contribution is 6.10. The van der Waals surface area contributed by atoms with Gasteiger partial charge in [0.05, 0.1) is 6.26 Å². The number of nitrogens with zero attached hydrogens (tertiary/aromatic N) is 5. The summed E-state index contributed by atoms with van der Waals surface area (Å²) < 4.78 is 9.03. The lowest BCUT2D eigenvalue weighted by atomic mass is 10.1. The summed E-state index contributed by atoms with van der Waals surface area (Å²) in [7, 11) is 0. The SMILES string of the molecule is CC(C)/[N+]([O-])=C/c1ccc(/C=[N+](\[O-])C(C)C)cc1.CC(C)/[N+]([O-])=C/c1ccco1.CC/[N+]([O-])=C/C=[N+](\[O-])CC. The number of hydrogen-bond acceptors (Lipinski definition) is 6. The highest BCUT2D eigenvalue weighted by Gasteiger charge is 2.03. The molecule has 2 aromatic rings. The summed E-state index contributed by atoms with van der Waals surface area (Å²) in [6.07, 6.45) is 8.51. The van der Waals surface area contributed by atoms with Gasteiger partial charge in [-0.1, -0.05) is 0 Å².